The summed E-state index contributed by atoms with van der Waals surface area (Å²) >= 11 is 3.42. The number of benzene rings is 1. The Labute approximate surface area is 143 Å². The number of hydrogen-bond donors (Lipinski definition) is 0. The summed E-state index contributed by atoms with van der Waals surface area (Å²) in [5, 5.41) is 9.09. The highest BCUT2D eigenvalue weighted by Crippen LogP contribution is 2.36. The van der Waals surface area contributed by atoms with E-state index in [9.17, 15) is 0 Å². The number of rotatable bonds is 7. The molecule has 0 aliphatic heterocycles. The first kappa shape index (κ1) is 19.2. The van der Waals surface area contributed by atoms with Gasteiger partial charge in [0.15, 0.2) is 8.32 Å². The zero-order valence-electron chi connectivity index (χ0n) is 14.2. The fraction of sp³-hybridized carbons (Fsp3) is 0.588. The number of hydrogen-bond acceptors (Lipinski definition) is 3. The predicted molar refractivity (Wildman–Crippen MR) is 96.7 cm³/mol. The minimum atomic E-state index is -1.63. The molecule has 1 aromatic carbocycles. The van der Waals surface area contributed by atoms with Gasteiger partial charge in [0, 0.05) is 6.61 Å². The fourth-order valence-electron chi connectivity index (χ4n) is 1.62. The number of unbranched alkanes of at least 4 members (excludes halogenated alkanes) is 1. The van der Waals surface area contributed by atoms with E-state index in [4.69, 9.17) is 14.4 Å². The van der Waals surface area contributed by atoms with Crippen LogP contribution < -0.4 is 4.74 Å². The summed E-state index contributed by atoms with van der Waals surface area (Å²) in [7, 11) is -1.63. The molecule has 22 heavy (non-hydrogen) atoms. The van der Waals surface area contributed by atoms with Crippen LogP contribution in [-0.2, 0) is 4.43 Å². The lowest BCUT2D eigenvalue weighted by Crippen LogP contribution is -2.41. The third-order valence-corrected chi connectivity index (χ3v) is 9.28. The molecule has 0 atom stereocenters. The van der Waals surface area contributed by atoms with Crippen LogP contribution in [0.3, 0.4) is 0 Å². The third kappa shape index (κ3) is 5.75. The maximum absolute atomic E-state index is 8.83. The average Bonchev–Trinajstić information content (AvgIpc) is 2.42. The van der Waals surface area contributed by atoms with Crippen LogP contribution in [0.25, 0.3) is 0 Å². The van der Waals surface area contributed by atoms with E-state index in [2.05, 4.69) is 55.9 Å². The van der Waals surface area contributed by atoms with Gasteiger partial charge in [0.1, 0.15) is 5.75 Å². The van der Waals surface area contributed by atoms with E-state index in [1.807, 2.05) is 6.07 Å². The van der Waals surface area contributed by atoms with Crippen molar-refractivity contribution in [3.63, 3.8) is 0 Å². The zero-order chi connectivity index (χ0) is 16.8. The van der Waals surface area contributed by atoms with Gasteiger partial charge in [-0.15, -0.1) is 0 Å². The van der Waals surface area contributed by atoms with Crippen LogP contribution in [0.15, 0.2) is 22.7 Å². The standard InChI is InChI=1S/C17H26BrNO2Si/c1-17(2,3)22(4,5)21-11-7-6-10-20-16-9-8-14(13-19)12-15(16)18/h8-9,12H,6-7,10-11H2,1-5H3. The lowest BCUT2D eigenvalue weighted by Gasteiger charge is -2.36. The molecule has 0 aliphatic carbocycles. The smallest absolute Gasteiger partial charge is 0.191 e. The van der Waals surface area contributed by atoms with Crippen molar-refractivity contribution >= 4 is 24.2 Å². The quantitative estimate of drug-likeness (QED) is 0.460. The second kappa shape index (κ2) is 8.14. The maximum Gasteiger partial charge on any atom is 0.191 e. The van der Waals surface area contributed by atoms with Crippen LogP contribution in [0, 0.1) is 11.3 Å². The Morgan fingerprint density at radius 1 is 1.18 bits per heavy atom. The molecule has 0 spiro atoms. The van der Waals surface area contributed by atoms with Gasteiger partial charge in [0.05, 0.1) is 22.7 Å². The van der Waals surface area contributed by atoms with Crippen molar-refractivity contribution in [2.75, 3.05) is 13.2 Å². The van der Waals surface area contributed by atoms with Crippen molar-refractivity contribution in [2.24, 2.45) is 0 Å². The molecule has 0 aliphatic rings. The van der Waals surface area contributed by atoms with Crippen molar-refractivity contribution in [3.8, 4) is 11.8 Å². The molecule has 0 saturated heterocycles. The maximum atomic E-state index is 8.83. The predicted octanol–water partition coefficient (Wildman–Crippen LogP) is 5.50. The third-order valence-electron chi connectivity index (χ3n) is 4.13. The van der Waals surface area contributed by atoms with Crippen molar-refractivity contribution in [1.29, 1.82) is 5.26 Å². The average molecular weight is 384 g/mol. The van der Waals surface area contributed by atoms with Gasteiger partial charge in [-0.1, -0.05) is 20.8 Å². The highest BCUT2D eigenvalue weighted by atomic mass is 79.9. The molecular formula is C17H26BrNO2Si. The summed E-state index contributed by atoms with van der Waals surface area (Å²) in [5.74, 6) is 0.782. The van der Waals surface area contributed by atoms with Gasteiger partial charge in [-0.2, -0.15) is 5.26 Å². The molecule has 0 N–H and O–H groups in total. The van der Waals surface area contributed by atoms with Gasteiger partial charge in [-0.3, -0.25) is 0 Å². The topological polar surface area (TPSA) is 42.2 Å². The lowest BCUT2D eigenvalue weighted by molar-refractivity contribution is 0.251. The Balaban J connectivity index is 2.28. The van der Waals surface area contributed by atoms with Crippen LogP contribution in [0.1, 0.15) is 39.2 Å². The number of nitrogens with zero attached hydrogens (tertiary/aromatic N) is 1. The minimum absolute atomic E-state index is 0.261. The Morgan fingerprint density at radius 2 is 1.82 bits per heavy atom. The van der Waals surface area contributed by atoms with E-state index < -0.39 is 8.32 Å². The Morgan fingerprint density at radius 3 is 2.36 bits per heavy atom. The van der Waals surface area contributed by atoms with E-state index in [0.717, 1.165) is 29.7 Å². The molecule has 0 saturated carbocycles. The minimum Gasteiger partial charge on any atom is -0.492 e. The van der Waals surface area contributed by atoms with Gasteiger partial charge < -0.3 is 9.16 Å². The van der Waals surface area contributed by atoms with Crippen molar-refractivity contribution in [3.05, 3.63) is 28.2 Å². The van der Waals surface area contributed by atoms with Gasteiger partial charge in [-0.25, -0.2) is 0 Å². The van der Waals surface area contributed by atoms with Crippen LogP contribution >= 0.6 is 15.9 Å². The first-order chi connectivity index (χ1) is 10.2. The largest absolute Gasteiger partial charge is 0.492 e. The van der Waals surface area contributed by atoms with Crippen LogP contribution in [-0.4, -0.2) is 21.5 Å². The van der Waals surface area contributed by atoms with E-state index in [0.29, 0.717) is 12.2 Å². The molecule has 0 heterocycles. The molecule has 1 rings (SSSR count). The number of ether oxygens (including phenoxy) is 1. The van der Waals surface area contributed by atoms with E-state index >= 15 is 0 Å². The SMILES string of the molecule is CC(C)(C)[Si](C)(C)OCCCCOc1ccc(C#N)cc1Br. The monoisotopic (exact) mass is 383 g/mol. The fourth-order valence-corrected chi connectivity index (χ4v) is 3.20. The van der Waals surface area contributed by atoms with Crippen molar-refractivity contribution < 1.29 is 9.16 Å². The highest BCUT2D eigenvalue weighted by Gasteiger charge is 2.36. The normalized spacial score (nSPS) is 12.0. The lowest BCUT2D eigenvalue weighted by atomic mass is 10.2. The van der Waals surface area contributed by atoms with Crippen LogP contribution in [0.2, 0.25) is 18.1 Å². The molecule has 3 nitrogen and oxygen atoms in total. The van der Waals surface area contributed by atoms with Crippen LogP contribution in [0.5, 0.6) is 5.75 Å². The molecule has 122 valence electrons. The Bertz CT molecular complexity index is 532. The molecular weight excluding hydrogens is 358 g/mol. The van der Waals surface area contributed by atoms with E-state index in [-0.39, 0.29) is 5.04 Å². The zero-order valence-corrected chi connectivity index (χ0v) is 16.8. The van der Waals surface area contributed by atoms with Gasteiger partial charge in [0.2, 0.25) is 0 Å². The first-order valence-corrected chi connectivity index (χ1v) is 11.3. The summed E-state index contributed by atoms with van der Waals surface area (Å²) in [4.78, 5) is 0. The van der Waals surface area contributed by atoms with Crippen molar-refractivity contribution in [1.82, 2.24) is 0 Å². The first-order valence-electron chi connectivity index (χ1n) is 7.64. The second-order valence-corrected chi connectivity index (χ2v) is 12.6. The van der Waals surface area contributed by atoms with Crippen LogP contribution in [0.4, 0.5) is 0 Å². The Kier molecular flexibility index (Phi) is 7.11. The summed E-state index contributed by atoms with van der Waals surface area (Å²) in [6.45, 7) is 12.8. The number of halogens is 1. The van der Waals surface area contributed by atoms with Gasteiger partial charge in [-0.05, 0) is 65.1 Å². The van der Waals surface area contributed by atoms with E-state index in [1.165, 1.54) is 0 Å². The molecule has 0 fully saturated rings. The molecule has 0 amide bonds. The summed E-state index contributed by atoms with van der Waals surface area (Å²) in [6, 6.07) is 7.47. The summed E-state index contributed by atoms with van der Waals surface area (Å²) < 4.78 is 12.7. The molecule has 0 radical (unpaired) electrons. The second-order valence-electron chi connectivity index (χ2n) is 6.92. The molecule has 0 bridgehead atoms. The highest BCUT2D eigenvalue weighted by molar-refractivity contribution is 9.10. The summed E-state index contributed by atoms with van der Waals surface area (Å²) in [5.41, 5.74) is 0.627. The summed E-state index contributed by atoms with van der Waals surface area (Å²) in [6.07, 6.45) is 1.96. The van der Waals surface area contributed by atoms with E-state index in [1.54, 1.807) is 12.1 Å². The molecule has 0 aromatic heterocycles. The molecule has 0 unspecified atom stereocenters. The van der Waals surface area contributed by atoms with Gasteiger partial charge >= 0.3 is 0 Å². The van der Waals surface area contributed by atoms with Crippen molar-refractivity contribution in [2.45, 2.75) is 51.7 Å². The number of nitriles is 1. The molecule has 5 heteroatoms. The van der Waals surface area contributed by atoms with Gasteiger partial charge in [0.25, 0.3) is 0 Å². The molecule has 1 aromatic rings. The Hall–Kier alpha value is -0.833.